The summed E-state index contributed by atoms with van der Waals surface area (Å²) in [5, 5.41) is 3.15. The van der Waals surface area contributed by atoms with Crippen molar-refractivity contribution in [2.75, 3.05) is 20.3 Å². The molecule has 106 valence electrons. The standard InChI is InChI=1S/C16H25NO2/c1-5-9-18-15-7-6-14(12-17-4)16(11-15)19-10-8-13(2)3/h6-7,11,17H,2,5,8-10,12H2,1,3-4H3. The molecule has 0 heterocycles. The molecule has 0 radical (unpaired) electrons. The van der Waals surface area contributed by atoms with E-state index in [1.807, 2.05) is 26.1 Å². The first-order chi connectivity index (χ1) is 9.17. The molecule has 0 atom stereocenters. The van der Waals surface area contributed by atoms with Crippen LogP contribution in [0.3, 0.4) is 0 Å². The molecule has 0 aliphatic carbocycles. The highest BCUT2D eigenvalue weighted by molar-refractivity contribution is 5.40. The molecule has 19 heavy (non-hydrogen) atoms. The fraction of sp³-hybridized carbons (Fsp3) is 0.500. The number of nitrogens with one attached hydrogen (secondary N) is 1. The Balaban J connectivity index is 2.72. The van der Waals surface area contributed by atoms with Gasteiger partial charge in [-0.1, -0.05) is 18.6 Å². The van der Waals surface area contributed by atoms with Crippen molar-refractivity contribution in [1.29, 1.82) is 0 Å². The van der Waals surface area contributed by atoms with Gasteiger partial charge in [0, 0.05) is 24.6 Å². The number of rotatable bonds is 9. The Morgan fingerprint density at radius 1 is 1.26 bits per heavy atom. The Bertz CT molecular complexity index is 402. The van der Waals surface area contributed by atoms with Crippen LogP contribution in [0.25, 0.3) is 0 Å². The third-order valence-electron chi connectivity index (χ3n) is 2.67. The summed E-state index contributed by atoms with van der Waals surface area (Å²) in [7, 11) is 1.93. The topological polar surface area (TPSA) is 30.5 Å². The monoisotopic (exact) mass is 263 g/mol. The summed E-state index contributed by atoms with van der Waals surface area (Å²) in [6.45, 7) is 10.2. The molecule has 0 spiro atoms. The van der Waals surface area contributed by atoms with Crippen molar-refractivity contribution in [3.63, 3.8) is 0 Å². The fourth-order valence-corrected chi connectivity index (χ4v) is 1.65. The Morgan fingerprint density at radius 3 is 2.68 bits per heavy atom. The van der Waals surface area contributed by atoms with Crippen LogP contribution < -0.4 is 14.8 Å². The maximum atomic E-state index is 5.84. The summed E-state index contributed by atoms with van der Waals surface area (Å²) in [5.74, 6) is 1.76. The molecule has 0 aliphatic heterocycles. The van der Waals surface area contributed by atoms with Gasteiger partial charge in [-0.2, -0.15) is 0 Å². The van der Waals surface area contributed by atoms with E-state index in [0.717, 1.165) is 48.6 Å². The SMILES string of the molecule is C=C(C)CCOc1cc(OCCC)ccc1CNC. The van der Waals surface area contributed by atoms with Gasteiger partial charge in [0.1, 0.15) is 11.5 Å². The summed E-state index contributed by atoms with van der Waals surface area (Å²) in [5.41, 5.74) is 2.28. The van der Waals surface area contributed by atoms with Crippen LogP contribution in [0.5, 0.6) is 11.5 Å². The molecule has 1 N–H and O–H groups in total. The van der Waals surface area contributed by atoms with Gasteiger partial charge < -0.3 is 14.8 Å². The molecule has 0 amide bonds. The molecule has 0 fully saturated rings. The average Bonchev–Trinajstić information content (AvgIpc) is 2.38. The zero-order chi connectivity index (χ0) is 14.1. The van der Waals surface area contributed by atoms with Gasteiger partial charge in [0.15, 0.2) is 0 Å². The van der Waals surface area contributed by atoms with Crippen molar-refractivity contribution in [2.45, 2.75) is 33.2 Å². The van der Waals surface area contributed by atoms with Crippen LogP contribution in [0.4, 0.5) is 0 Å². The quantitative estimate of drug-likeness (QED) is 0.691. The van der Waals surface area contributed by atoms with E-state index >= 15 is 0 Å². The molecular weight excluding hydrogens is 238 g/mol. The number of ether oxygens (including phenoxy) is 2. The minimum atomic E-state index is 0.656. The molecule has 1 aromatic rings. The maximum absolute atomic E-state index is 5.84. The second-order valence-electron chi connectivity index (χ2n) is 4.70. The molecule has 3 nitrogen and oxygen atoms in total. The highest BCUT2D eigenvalue weighted by atomic mass is 16.5. The second-order valence-corrected chi connectivity index (χ2v) is 4.70. The predicted octanol–water partition coefficient (Wildman–Crippen LogP) is 3.54. The van der Waals surface area contributed by atoms with Crippen LogP contribution in [0.15, 0.2) is 30.4 Å². The van der Waals surface area contributed by atoms with Gasteiger partial charge in [-0.05, 0) is 26.5 Å². The van der Waals surface area contributed by atoms with Crippen molar-refractivity contribution in [1.82, 2.24) is 5.32 Å². The first-order valence-electron chi connectivity index (χ1n) is 6.84. The zero-order valence-corrected chi connectivity index (χ0v) is 12.3. The van der Waals surface area contributed by atoms with Crippen molar-refractivity contribution < 1.29 is 9.47 Å². The second kappa shape index (κ2) is 8.59. The summed E-state index contributed by atoms with van der Waals surface area (Å²) < 4.78 is 11.5. The largest absolute Gasteiger partial charge is 0.493 e. The predicted molar refractivity (Wildman–Crippen MR) is 79.9 cm³/mol. The first kappa shape index (κ1) is 15.6. The third kappa shape index (κ3) is 5.79. The Kier molecular flexibility index (Phi) is 7.04. The van der Waals surface area contributed by atoms with E-state index in [1.54, 1.807) is 0 Å². The van der Waals surface area contributed by atoms with Gasteiger partial charge in [-0.3, -0.25) is 0 Å². The van der Waals surface area contributed by atoms with Crippen molar-refractivity contribution in [3.8, 4) is 11.5 Å². The lowest BCUT2D eigenvalue weighted by atomic mass is 10.2. The van der Waals surface area contributed by atoms with Crippen molar-refractivity contribution >= 4 is 0 Å². The lowest BCUT2D eigenvalue weighted by molar-refractivity contribution is 0.301. The van der Waals surface area contributed by atoms with Gasteiger partial charge in [-0.25, -0.2) is 0 Å². The molecule has 3 heteroatoms. The Hall–Kier alpha value is -1.48. The van der Waals surface area contributed by atoms with Crippen LogP contribution in [0.2, 0.25) is 0 Å². The molecule has 0 aromatic heterocycles. The number of benzene rings is 1. The molecular formula is C16H25NO2. The van der Waals surface area contributed by atoms with Crippen molar-refractivity contribution in [2.24, 2.45) is 0 Å². The van der Waals surface area contributed by atoms with Gasteiger partial charge in [0.05, 0.1) is 13.2 Å². The molecule has 0 saturated carbocycles. The smallest absolute Gasteiger partial charge is 0.127 e. The Labute approximate surface area is 116 Å². The first-order valence-corrected chi connectivity index (χ1v) is 6.84. The summed E-state index contributed by atoms with van der Waals surface area (Å²) in [4.78, 5) is 0. The van der Waals surface area contributed by atoms with Crippen molar-refractivity contribution in [3.05, 3.63) is 35.9 Å². The van der Waals surface area contributed by atoms with Crippen LogP contribution in [0.1, 0.15) is 32.3 Å². The van der Waals surface area contributed by atoms with Crippen LogP contribution in [-0.4, -0.2) is 20.3 Å². The minimum absolute atomic E-state index is 0.656. The lowest BCUT2D eigenvalue weighted by Crippen LogP contribution is -2.08. The van der Waals surface area contributed by atoms with Gasteiger partial charge in [0.25, 0.3) is 0 Å². The molecule has 0 unspecified atom stereocenters. The van der Waals surface area contributed by atoms with Gasteiger partial charge >= 0.3 is 0 Å². The maximum Gasteiger partial charge on any atom is 0.127 e. The van der Waals surface area contributed by atoms with Crippen LogP contribution >= 0.6 is 0 Å². The fourth-order valence-electron chi connectivity index (χ4n) is 1.65. The molecule has 0 saturated heterocycles. The van der Waals surface area contributed by atoms with E-state index in [0.29, 0.717) is 6.61 Å². The van der Waals surface area contributed by atoms with E-state index in [2.05, 4.69) is 24.9 Å². The Morgan fingerprint density at radius 2 is 2.05 bits per heavy atom. The average molecular weight is 263 g/mol. The normalized spacial score (nSPS) is 10.3. The van der Waals surface area contributed by atoms with E-state index in [4.69, 9.17) is 9.47 Å². The summed E-state index contributed by atoms with van der Waals surface area (Å²) in [6, 6.07) is 6.02. The highest BCUT2D eigenvalue weighted by Crippen LogP contribution is 2.25. The van der Waals surface area contributed by atoms with Gasteiger partial charge in [-0.15, -0.1) is 6.58 Å². The van der Waals surface area contributed by atoms with Crippen LogP contribution in [-0.2, 0) is 6.54 Å². The highest BCUT2D eigenvalue weighted by Gasteiger charge is 2.06. The third-order valence-corrected chi connectivity index (χ3v) is 2.67. The molecule has 1 aromatic carbocycles. The van der Waals surface area contributed by atoms with Gasteiger partial charge in [0.2, 0.25) is 0 Å². The van der Waals surface area contributed by atoms with E-state index in [9.17, 15) is 0 Å². The van der Waals surface area contributed by atoms with E-state index in [1.165, 1.54) is 0 Å². The summed E-state index contributed by atoms with van der Waals surface area (Å²) in [6.07, 6.45) is 1.88. The minimum Gasteiger partial charge on any atom is -0.493 e. The number of hydrogen-bond acceptors (Lipinski definition) is 3. The van der Waals surface area contributed by atoms with E-state index < -0.39 is 0 Å². The summed E-state index contributed by atoms with van der Waals surface area (Å²) >= 11 is 0. The van der Waals surface area contributed by atoms with E-state index in [-0.39, 0.29) is 0 Å². The molecule has 0 aliphatic rings. The lowest BCUT2D eigenvalue weighted by Gasteiger charge is -2.13. The zero-order valence-electron chi connectivity index (χ0n) is 12.3. The molecule has 1 rings (SSSR count). The van der Waals surface area contributed by atoms with Crippen LogP contribution in [0, 0.1) is 0 Å². The number of hydrogen-bond donors (Lipinski definition) is 1. The molecule has 0 bridgehead atoms.